The standard InChI is InChI=1S/C12H17NO6S2/c1-7-5-10(20(4,16)17)8(2)11(6-7)21(18,19)13-9(3)12(14)15/h5-6,9,13H,1-4H3,(H,14,15)/t9-/m1/s1. The molecule has 0 radical (unpaired) electrons. The van der Waals surface area contributed by atoms with E-state index < -0.39 is 31.9 Å². The Morgan fingerprint density at radius 1 is 1.14 bits per heavy atom. The molecule has 2 N–H and O–H groups in total. The van der Waals surface area contributed by atoms with Gasteiger partial charge in [0, 0.05) is 6.26 Å². The number of sulfonamides is 1. The highest BCUT2D eigenvalue weighted by Crippen LogP contribution is 2.25. The molecule has 1 aromatic rings. The van der Waals surface area contributed by atoms with Gasteiger partial charge >= 0.3 is 5.97 Å². The Labute approximate surface area is 124 Å². The molecule has 7 nitrogen and oxygen atoms in total. The first-order valence-corrected chi connectivity index (χ1v) is 9.30. The van der Waals surface area contributed by atoms with Gasteiger partial charge in [-0.2, -0.15) is 4.72 Å². The van der Waals surface area contributed by atoms with Crippen molar-refractivity contribution < 1.29 is 26.7 Å². The largest absolute Gasteiger partial charge is 0.480 e. The summed E-state index contributed by atoms with van der Waals surface area (Å²) in [5, 5.41) is 8.78. The molecule has 21 heavy (non-hydrogen) atoms. The molecule has 0 aliphatic heterocycles. The second kappa shape index (κ2) is 5.74. The predicted molar refractivity (Wildman–Crippen MR) is 76.4 cm³/mol. The van der Waals surface area contributed by atoms with Crippen molar-refractivity contribution in [3.05, 3.63) is 23.3 Å². The Balaban J connectivity index is 3.51. The summed E-state index contributed by atoms with van der Waals surface area (Å²) in [6.45, 7) is 4.12. The molecule has 0 aliphatic carbocycles. The van der Waals surface area contributed by atoms with E-state index in [1.807, 2.05) is 4.72 Å². The summed E-state index contributed by atoms with van der Waals surface area (Å²) in [4.78, 5) is 10.4. The number of benzene rings is 1. The highest BCUT2D eigenvalue weighted by atomic mass is 32.2. The van der Waals surface area contributed by atoms with Crippen LogP contribution in [0.15, 0.2) is 21.9 Å². The molecule has 1 rings (SSSR count). The normalized spacial score (nSPS) is 13.9. The van der Waals surface area contributed by atoms with Crippen LogP contribution in [0.4, 0.5) is 0 Å². The average Bonchev–Trinajstić information content (AvgIpc) is 2.29. The average molecular weight is 335 g/mol. The first-order chi connectivity index (χ1) is 9.36. The SMILES string of the molecule is Cc1cc(S(C)(=O)=O)c(C)c(S(=O)(=O)N[C@H](C)C(=O)O)c1. The zero-order valence-corrected chi connectivity index (χ0v) is 13.7. The van der Waals surface area contributed by atoms with Crippen molar-refractivity contribution in [2.75, 3.05) is 6.26 Å². The van der Waals surface area contributed by atoms with Gasteiger partial charge in [0.05, 0.1) is 9.79 Å². The number of sulfone groups is 1. The Bertz CT molecular complexity index is 780. The third-order valence-corrected chi connectivity index (χ3v) is 5.74. The number of hydrogen-bond acceptors (Lipinski definition) is 5. The summed E-state index contributed by atoms with van der Waals surface area (Å²) in [5.74, 6) is -1.33. The molecule has 0 saturated carbocycles. The smallest absolute Gasteiger partial charge is 0.321 e. The number of hydrogen-bond donors (Lipinski definition) is 2. The fourth-order valence-corrected chi connectivity index (χ4v) is 4.48. The second-order valence-corrected chi connectivity index (χ2v) is 8.51. The van der Waals surface area contributed by atoms with Gasteiger partial charge in [-0.25, -0.2) is 16.8 Å². The van der Waals surface area contributed by atoms with Crippen LogP contribution < -0.4 is 4.72 Å². The molecule has 0 amide bonds. The molecule has 0 bridgehead atoms. The van der Waals surface area contributed by atoms with Crippen molar-refractivity contribution in [1.82, 2.24) is 4.72 Å². The zero-order chi connectivity index (χ0) is 16.6. The monoisotopic (exact) mass is 335 g/mol. The first-order valence-electron chi connectivity index (χ1n) is 5.92. The maximum atomic E-state index is 12.2. The number of carbonyl (C=O) groups is 1. The molecule has 1 aromatic carbocycles. The number of nitrogens with one attached hydrogen (secondary N) is 1. The van der Waals surface area contributed by atoms with Gasteiger partial charge in [-0.05, 0) is 44.0 Å². The number of carboxylic acid groups (broad SMARTS) is 1. The third-order valence-electron chi connectivity index (χ3n) is 2.85. The summed E-state index contributed by atoms with van der Waals surface area (Å²) in [6.07, 6.45) is 0.985. The highest BCUT2D eigenvalue weighted by Gasteiger charge is 2.26. The van der Waals surface area contributed by atoms with Crippen LogP contribution in [0.1, 0.15) is 18.1 Å². The van der Waals surface area contributed by atoms with Crippen molar-refractivity contribution in [2.24, 2.45) is 0 Å². The van der Waals surface area contributed by atoms with Gasteiger partial charge in [0.2, 0.25) is 10.0 Å². The van der Waals surface area contributed by atoms with E-state index in [9.17, 15) is 21.6 Å². The Morgan fingerprint density at radius 3 is 2.05 bits per heavy atom. The summed E-state index contributed by atoms with van der Waals surface area (Å²) in [6, 6.07) is 1.36. The van der Waals surface area contributed by atoms with E-state index >= 15 is 0 Å². The van der Waals surface area contributed by atoms with E-state index in [4.69, 9.17) is 5.11 Å². The van der Waals surface area contributed by atoms with Crippen molar-refractivity contribution in [3.63, 3.8) is 0 Å². The molecule has 0 heterocycles. The fraction of sp³-hybridized carbons (Fsp3) is 0.417. The van der Waals surface area contributed by atoms with Gasteiger partial charge in [0.15, 0.2) is 9.84 Å². The van der Waals surface area contributed by atoms with E-state index in [0.29, 0.717) is 5.56 Å². The van der Waals surface area contributed by atoms with E-state index in [2.05, 4.69) is 0 Å². The van der Waals surface area contributed by atoms with Gasteiger partial charge < -0.3 is 5.11 Å². The molecule has 0 fully saturated rings. The lowest BCUT2D eigenvalue weighted by Gasteiger charge is -2.15. The molecule has 9 heteroatoms. The molecular weight excluding hydrogens is 318 g/mol. The molecule has 0 aliphatic rings. The molecule has 0 spiro atoms. The van der Waals surface area contributed by atoms with Crippen LogP contribution in [-0.4, -0.2) is 40.2 Å². The van der Waals surface area contributed by atoms with Crippen LogP contribution >= 0.6 is 0 Å². The van der Waals surface area contributed by atoms with Crippen LogP contribution in [0.25, 0.3) is 0 Å². The minimum Gasteiger partial charge on any atom is -0.480 e. The van der Waals surface area contributed by atoms with Gasteiger partial charge in [0.25, 0.3) is 0 Å². The van der Waals surface area contributed by atoms with E-state index in [1.165, 1.54) is 26.0 Å². The Kier molecular flexibility index (Phi) is 4.81. The van der Waals surface area contributed by atoms with Gasteiger partial charge in [-0.1, -0.05) is 0 Å². The predicted octanol–water partition coefficient (Wildman–Crippen LogP) is 0.458. The maximum absolute atomic E-state index is 12.2. The molecular formula is C12H17NO6S2. The van der Waals surface area contributed by atoms with Crippen molar-refractivity contribution in [1.29, 1.82) is 0 Å². The third kappa shape index (κ3) is 4.02. The van der Waals surface area contributed by atoms with Crippen LogP contribution in [0.2, 0.25) is 0 Å². The maximum Gasteiger partial charge on any atom is 0.321 e. The number of rotatable bonds is 5. The minimum absolute atomic E-state index is 0.0631. The van der Waals surface area contributed by atoms with Crippen molar-refractivity contribution in [2.45, 2.75) is 36.6 Å². The fourth-order valence-electron chi connectivity index (χ4n) is 1.80. The number of aryl methyl sites for hydroxylation is 1. The summed E-state index contributed by atoms with van der Waals surface area (Å²) in [5.41, 5.74) is 0.512. The van der Waals surface area contributed by atoms with Crippen LogP contribution in [0.3, 0.4) is 0 Å². The number of aliphatic carboxylic acids is 1. The first kappa shape index (κ1) is 17.6. The van der Waals surface area contributed by atoms with E-state index in [1.54, 1.807) is 6.92 Å². The molecule has 0 saturated heterocycles. The molecule has 0 aromatic heterocycles. The molecule has 0 unspecified atom stereocenters. The lowest BCUT2D eigenvalue weighted by Crippen LogP contribution is -2.38. The Hall–Kier alpha value is -1.45. The van der Waals surface area contributed by atoms with Crippen molar-refractivity contribution in [3.8, 4) is 0 Å². The Morgan fingerprint density at radius 2 is 1.62 bits per heavy atom. The van der Waals surface area contributed by atoms with Crippen LogP contribution in [-0.2, 0) is 24.7 Å². The van der Waals surface area contributed by atoms with Gasteiger partial charge in [-0.15, -0.1) is 0 Å². The summed E-state index contributed by atoms with van der Waals surface area (Å²) >= 11 is 0. The lowest BCUT2D eigenvalue weighted by molar-refractivity contribution is -0.138. The number of carboxylic acids is 1. The second-order valence-electron chi connectivity index (χ2n) is 4.84. The van der Waals surface area contributed by atoms with Crippen LogP contribution in [0, 0.1) is 13.8 Å². The molecule has 118 valence electrons. The quantitative estimate of drug-likeness (QED) is 0.807. The topological polar surface area (TPSA) is 118 Å². The highest BCUT2D eigenvalue weighted by molar-refractivity contribution is 7.91. The van der Waals surface area contributed by atoms with Gasteiger partial charge in [-0.3, -0.25) is 4.79 Å². The molecule has 1 atom stereocenters. The van der Waals surface area contributed by atoms with Gasteiger partial charge in [0.1, 0.15) is 6.04 Å². The lowest BCUT2D eigenvalue weighted by atomic mass is 10.2. The minimum atomic E-state index is -4.14. The zero-order valence-electron chi connectivity index (χ0n) is 12.0. The summed E-state index contributed by atoms with van der Waals surface area (Å²) in [7, 11) is -7.73. The van der Waals surface area contributed by atoms with Crippen molar-refractivity contribution >= 4 is 25.8 Å². The summed E-state index contributed by atoms with van der Waals surface area (Å²) < 4.78 is 49.9. The van der Waals surface area contributed by atoms with E-state index in [-0.39, 0.29) is 15.4 Å². The van der Waals surface area contributed by atoms with E-state index in [0.717, 1.165) is 6.26 Å². The van der Waals surface area contributed by atoms with Crippen LogP contribution in [0.5, 0.6) is 0 Å².